The maximum atomic E-state index is 14.0. The van der Waals surface area contributed by atoms with E-state index in [1.165, 1.54) is 16.8 Å². The number of hydrazone groups is 1. The molecule has 3 aromatic carbocycles. The van der Waals surface area contributed by atoms with Crippen molar-refractivity contribution in [2.75, 3.05) is 27.1 Å². The number of rotatable bonds is 12. The summed E-state index contributed by atoms with van der Waals surface area (Å²) in [5.41, 5.74) is 2.83. The van der Waals surface area contributed by atoms with Crippen molar-refractivity contribution in [1.82, 2.24) is 25.1 Å². The smallest absolute Gasteiger partial charge is 0.253 e. The Balaban J connectivity index is 1.29. The Hall–Kier alpha value is -5.14. The van der Waals surface area contributed by atoms with Gasteiger partial charge in [-0.3, -0.25) is 14.2 Å². The number of benzene rings is 3. The molecule has 1 aliphatic rings. The molecule has 11 nitrogen and oxygen atoms in total. The van der Waals surface area contributed by atoms with Gasteiger partial charge in [0.2, 0.25) is 0 Å². The first-order valence-electron chi connectivity index (χ1n) is 14.7. The summed E-state index contributed by atoms with van der Waals surface area (Å²) in [5.74, 6) is 1.77. The van der Waals surface area contributed by atoms with E-state index < -0.39 is 6.04 Å². The number of nitrogens with one attached hydrogen (secondary N) is 1. The van der Waals surface area contributed by atoms with Gasteiger partial charge in [-0.15, -0.1) is 21.5 Å². The zero-order valence-electron chi connectivity index (χ0n) is 26.0. The molecule has 0 unspecified atom stereocenters. The van der Waals surface area contributed by atoms with E-state index in [1.54, 1.807) is 61.5 Å². The number of carbonyl (C=O) groups is 2. The number of hydrogen-bond donors (Lipinski definition) is 1. The Labute approximate surface area is 280 Å². The highest BCUT2D eigenvalue weighted by Gasteiger charge is 2.36. The molecule has 0 saturated heterocycles. The van der Waals surface area contributed by atoms with Crippen LogP contribution >= 0.6 is 23.1 Å². The normalized spacial score (nSPS) is 14.1. The number of carbonyl (C=O) groups excluding carboxylic acids is 2. The molecule has 0 fully saturated rings. The largest absolute Gasteiger partial charge is 0.495 e. The first-order chi connectivity index (χ1) is 23.0. The van der Waals surface area contributed by atoms with E-state index >= 15 is 0 Å². The molecule has 5 aromatic rings. The highest BCUT2D eigenvalue weighted by Crippen LogP contribution is 2.42. The van der Waals surface area contributed by atoms with Crippen LogP contribution in [-0.2, 0) is 11.3 Å². The van der Waals surface area contributed by atoms with Gasteiger partial charge < -0.3 is 19.5 Å². The lowest BCUT2D eigenvalue weighted by Crippen LogP contribution is -2.29. The van der Waals surface area contributed by atoms with Gasteiger partial charge in [-0.05, 0) is 41.8 Å². The van der Waals surface area contributed by atoms with Crippen molar-refractivity contribution in [2.45, 2.75) is 24.2 Å². The maximum absolute atomic E-state index is 14.0. The van der Waals surface area contributed by atoms with Crippen LogP contribution in [0.2, 0.25) is 0 Å². The van der Waals surface area contributed by atoms with Gasteiger partial charge in [-0.1, -0.05) is 60.3 Å². The molecular weight excluding hydrogens is 637 g/mol. The third-order valence-corrected chi connectivity index (χ3v) is 9.39. The van der Waals surface area contributed by atoms with Crippen molar-refractivity contribution in [3.8, 4) is 22.9 Å². The van der Waals surface area contributed by atoms with E-state index in [2.05, 4.69) is 15.5 Å². The number of hydrogen-bond acceptors (Lipinski definition) is 10. The van der Waals surface area contributed by atoms with E-state index in [-0.39, 0.29) is 24.1 Å². The van der Waals surface area contributed by atoms with Crippen LogP contribution in [0.5, 0.6) is 17.2 Å². The molecule has 2 amide bonds. The van der Waals surface area contributed by atoms with Gasteiger partial charge in [0.15, 0.2) is 22.5 Å². The summed E-state index contributed by atoms with van der Waals surface area (Å²) in [6.07, 6.45) is 0.517. The topological polar surface area (TPSA) is 120 Å². The third-order valence-electron chi connectivity index (χ3n) is 7.56. The molecule has 47 heavy (non-hydrogen) atoms. The van der Waals surface area contributed by atoms with Crippen LogP contribution in [0.4, 0.5) is 0 Å². The Bertz CT molecular complexity index is 1890. The van der Waals surface area contributed by atoms with Crippen molar-refractivity contribution in [2.24, 2.45) is 5.10 Å². The van der Waals surface area contributed by atoms with Gasteiger partial charge in [0, 0.05) is 17.5 Å². The number of nitrogens with zero attached hydrogens (tertiary/aromatic N) is 5. The molecule has 2 aromatic heterocycles. The first-order valence-corrected chi connectivity index (χ1v) is 16.6. The number of amides is 2. The van der Waals surface area contributed by atoms with Gasteiger partial charge in [0.25, 0.3) is 11.8 Å². The predicted molar refractivity (Wildman–Crippen MR) is 181 cm³/mol. The zero-order valence-corrected chi connectivity index (χ0v) is 27.6. The van der Waals surface area contributed by atoms with Crippen molar-refractivity contribution < 1.29 is 23.8 Å². The summed E-state index contributed by atoms with van der Waals surface area (Å²) in [5, 5.41) is 20.5. The third kappa shape index (κ3) is 6.71. The van der Waals surface area contributed by atoms with Crippen molar-refractivity contribution in [3.05, 3.63) is 112 Å². The van der Waals surface area contributed by atoms with E-state index in [9.17, 15) is 9.59 Å². The van der Waals surface area contributed by atoms with Crippen molar-refractivity contribution in [1.29, 1.82) is 0 Å². The van der Waals surface area contributed by atoms with Crippen LogP contribution in [0, 0.1) is 0 Å². The number of aromatic nitrogens is 3. The SMILES string of the molecule is COc1ccccc1-n1c(CNC(=O)c2ccccc2)nnc1SCC(=O)N1N=C(c2cccs2)C[C@H]1c1cccc(OC)c1OC. The maximum Gasteiger partial charge on any atom is 0.253 e. The fraction of sp³-hybridized carbons (Fsp3) is 0.206. The second kappa shape index (κ2) is 14.5. The van der Waals surface area contributed by atoms with E-state index in [0.717, 1.165) is 16.2 Å². The number of thioether (sulfide) groups is 1. The molecule has 13 heteroatoms. The summed E-state index contributed by atoms with van der Waals surface area (Å²) in [6, 6.07) is 25.6. The monoisotopic (exact) mass is 668 g/mol. The van der Waals surface area contributed by atoms with Crippen LogP contribution in [0.1, 0.15) is 39.1 Å². The van der Waals surface area contributed by atoms with E-state index in [0.29, 0.717) is 45.9 Å². The minimum Gasteiger partial charge on any atom is -0.495 e. The van der Waals surface area contributed by atoms with Crippen molar-refractivity contribution in [3.63, 3.8) is 0 Å². The first kappa shape index (κ1) is 31.8. The molecule has 1 N–H and O–H groups in total. The average molecular weight is 669 g/mol. The Morgan fingerprint density at radius 2 is 1.66 bits per heavy atom. The highest BCUT2D eigenvalue weighted by molar-refractivity contribution is 7.99. The molecule has 1 atom stereocenters. The summed E-state index contributed by atoms with van der Waals surface area (Å²) < 4.78 is 18.7. The minimum absolute atomic E-state index is 0.0215. The van der Waals surface area contributed by atoms with Crippen LogP contribution < -0.4 is 19.5 Å². The zero-order chi connectivity index (χ0) is 32.8. The number of ether oxygens (including phenoxy) is 3. The summed E-state index contributed by atoms with van der Waals surface area (Å²) in [4.78, 5) is 27.8. The van der Waals surface area contributed by atoms with Gasteiger partial charge in [-0.25, -0.2) is 5.01 Å². The molecule has 1 aliphatic heterocycles. The van der Waals surface area contributed by atoms with Gasteiger partial charge >= 0.3 is 0 Å². The standard InChI is InChI=1S/C34H32N6O5S2/c1-43-27-15-8-7-14-25(27)39-30(20-35-33(42)22-11-5-4-6-12-22)36-37-34(39)47-21-31(41)40-26(19-24(38-40)29-17-10-18-46-29)23-13-9-16-28(44-2)32(23)45-3/h4-18,26H,19-21H2,1-3H3,(H,35,42)/t26-/m0/s1. The van der Waals surface area contributed by atoms with Gasteiger partial charge in [0.1, 0.15) is 5.75 Å². The Kier molecular flexibility index (Phi) is 9.83. The Morgan fingerprint density at radius 3 is 2.40 bits per heavy atom. The second-order valence-electron chi connectivity index (χ2n) is 10.3. The summed E-state index contributed by atoms with van der Waals surface area (Å²) in [6.45, 7) is 0.103. The lowest BCUT2D eigenvalue weighted by Gasteiger charge is -2.24. The van der Waals surface area contributed by atoms with Crippen LogP contribution in [0.15, 0.2) is 101 Å². The fourth-order valence-electron chi connectivity index (χ4n) is 5.36. The highest BCUT2D eigenvalue weighted by atomic mass is 32.2. The second-order valence-corrected chi connectivity index (χ2v) is 12.2. The molecule has 240 valence electrons. The summed E-state index contributed by atoms with van der Waals surface area (Å²) >= 11 is 2.80. The van der Waals surface area contributed by atoms with Crippen molar-refractivity contribution >= 4 is 40.6 Å². The van der Waals surface area contributed by atoms with E-state index in [4.69, 9.17) is 19.3 Å². The van der Waals surface area contributed by atoms with Gasteiger partial charge in [-0.2, -0.15) is 5.10 Å². The quantitative estimate of drug-likeness (QED) is 0.167. The predicted octanol–water partition coefficient (Wildman–Crippen LogP) is 5.75. The molecule has 6 rings (SSSR count). The number of para-hydroxylation sites is 3. The summed E-state index contributed by atoms with van der Waals surface area (Å²) in [7, 11) is 4.76. The molecule has 0 aliphatic carbocycles. The minimum atomic E-state index is -0.402. The lowest BCUT2D eigenvalue weighted by atomic mass is 9.99. The number of methoxy groups -OCH3 is 3. The Morgan fingerprint density at radius 1 is 0.894 bits per heavy atom. The molecule has 0 radical (unpaired) electrons. The molecule has 3 heterocycles. The van der Waals surface area contributed by atoms with Crippen LogP contribution in [-0.4, -0.2) is 64.4 Å². The number of thiophene rings is 1. The van der Waals surface area contributed by atoms with Crippen LogP contribution in [0.3, 0.4) is 0 Å². The van der Waals surface area contributed by atoms with E-state index in [1.807, 2.05) is 66.0 Å². The molecular formula is C34H32N6O5S2. The fourth-order valence-corrected chi connectivity index (χ4v) is 6.89. The molecule has 0 spiro atoms. The van der Waals surface area contributed by atoms with Gasteiger partial charge in [0.05, 0.1) is 55.9 Å². The van der Waals surface area contributed by atoms with Crippen LogP contribution in [0.25, 0.3) is 5.69 Å². The molecule has 0 saturated carbocycles. The molecule has 0 bridgehead atoms. The average Bonchev–Trinajstić information content (AvgIpc) is 3.90. The lowest BCUT2D eigenvalue weighted by molar-refractivity contribution is -0.130.